The standard InChI is InChI=1S/C15H19ClO/c16-13-3-1-2-12(10-13)15-7-4-14(11-17,5-8-15)6-9-15/h1-3,10,17H,4-9,11H2. The van der Waals surface area contributed by atoms with Crippen LogP contribution in [0.4, 0.5) is 0 Å². The predicted octanol–water partition coefficient (Wildman–Crippen LogP) is 3.92. The summed E-state index contributed by atoms with van der Waals surface area (Å²) in [5.41, 5.74) is 2.01. The van der Waals surface area contributed by atoms with Crippen LogP contribution < -0.4 is 0 Å². The van der Waals surface area contributed by atoms with Crippen molar-refractivity contribution < 1.29 is 5.11 Å². The fraction of sp³-hybridized carbons (Fsp3) is 0.600. The lowest BCUT2D eigenvalue weighted by Crippen LogP contribution is -2.45. The Hall–Kier alpha value is -0.530. The second-order valence-corrected chi connectivity index (χ2v) is 6.39. The van der Waals surface area contributed by atoms with Crippen molar-refractivity contribution >= 4 is 11.6 Å². The molecule has 92 valence electrons. The van der Waals surface area contributed by atoms with E-state index in [0.717, 1.165) is 5.02 Å². The smallest absolute Gasteiger partial charge is 0.0487 e. The van der Waals surface area contributed by atoms with Crippen LogP contribution in [0.25, 0.3) is 0 Å². The van der Waals surface area contributed by atoms with Crippen molar-refractivity contribution in [1.29, 1.82) is 0 Å². The zero-order chi connectivity index (χ0) is 11.9. The third-order valence-electron chi connectivity index (χ3n) is 5.17. The molecule has 1 aromatic carbocycles. The molecule has 3 saturated carbocycles. The molecule has 3 aliphatic carbocycles. The Bertz CT molecular complexity index is 402. The summed E-state index contributed by atoms with van der Waals surface area (Å²) in [6, 6.07) is 8.38. The van der Waals surface area contributed by atoms with Crippen LogP contribution in [0.5, 0.6) is 0 Å². The molecule has 4 rings (SSSR count). The molecule has 0 spiro atoms. The van der Waals surface area contributed by atoms with E-state index in [1.54, 1.807) is 0 Å². The maximum Gasteiger partial charge on any atom is 0.0487 e. The number of fused-ring (bicyclic) bond motifs is 3. The fourth-order valence-electron chi connectivity index (χ4n) is 3.75. The van der Waals surface area contributed by atoms with E-state index in [1.807, 2.05) is 6.07 Å². The van der Waals surface area contributed by atoms with Crippen LogP contribution in [0.15, 0.2) is 24.3 Å². The second kappa shape index (κ2) is 4.00. The lowest BCUT2D eigenvalue weighted by Gasteiger charge is -2.53. The number of hydrogen-bond donors (Lipinski definition) is 1. The van der Waals surface area contributed by atoms with E-state index >= 15 is 0 Å². The Morgan fingerprint density at radius 2 is 1.71 bits per heavy atom. The number of aliphatic hydroxyl groups is 1. The first-order valence-corrected chi connectivity index (χ1v) is 6.93. The van der Waals surface area contributed by atoms with Crippen LogP contribution >= 0.6 is 11.6 Å². The van der Waals surface area contributed by atoms with E-state index in [2.05, 4.69) is 18.2 Å². The normalized spacial score (nSPS) is 36.1. The van der Waals surface area contributed by atoms with Crippen molar-refractivity contribution in [2.75, 3.05) is 6.61 Å². The van der Waals surface area contributed by atoms with Crippen molar-refractivity contribution in [2.24, 2.45) is 5.41 Å². The molecule has 0 heterocycles. The summed E-state index contributed by atoms with van der Waals surface area (Å²) >= 11 is 6.11. The molecular formula is C15H19ClO. The molecule has 2 bridgehead atoms. The third kappa shape index (κ3) is 1.80. The van der Waals surface area contributed by atoms with Gasteiger partial charge in [0.05, 0.1) is 0 Å². The summed E-state index contributed by atoms with van der Waals surface area (Å²) in [6.45, 7) is 0.374. The van der Waals surface area contributed by atoms with Gasteiger partial charge in [-0.05, 0) is 67.1 Å². The lowest BCUT2D eigenvalue weighted by atomic mass is 9.52. The minimum atomic E-state index is 0.250. The van der Waals surface area contributed by atoms with E-state index < -0.39 is 0 Å². The first-order valence-electron chi connectivity index (χ1n) is 6.55. The highest BCUT2D eigenvalue weighted by atomic mass is 35.5. The minimum Gasteiger partial charge on any atom is -0.396 e. The number of aliphatic hydroxyl groups excluding tert-OH is 1. The Balaban J connectivity index is 1.90. The highest BCUT2D eigenvalue weighted by Gasteiger charge is 2.48. The van der Waals surface area contributed by atoms with Gasteiger partial charge in [-0.25, -0.2) is 0 Å². The summed E-state index contributed by atoms with van der Waals surface area (Å²) in [7, 11) is 0. The summed E-state index contributed by atoms with van der Waals surface area (Å²) in [4.78, 5) is 0. The van der Waals surface area contributed by atoms with Crippen LogP contribution in [0.3, 0.4) is 0 Å². The Morgan fingerprint density at radius 3 is 2.24 bits per heavy atom. The largest absolute Gasteiger partial charge is 0.396 e. The van der Waals surface area contributed by atoms with Crippen molar-refractivity contribution in [3.05, 3.63) is 34.9 Å². The van der Waals surface area contributed by atoms with Crippen molar-refractivity contribution in [3.8, 4) is 0 Å². The Morgan fingerprint density at radius 1 is 1.06 bits per heavy atom. The Labute approximate surface area is 108 Å². The molecule has 3 aliphatic rings. The maximum atomic E-state index is 9.54. The average molecular weight is 251 g/mol. The zero-order valence-corrected chi connectivity index (χ0v) is 10.8. The van der Waals surface area contributed by atoms with Crippen LogP contribution in [0.2, 0.25) is 5.02 Å². The van der Waals surface area contributed by atoms with Crippen molar-refractivity contribution in [3.63, 3.8) is 0 Å². The summed E-state index contributed by atoms with van der Waals surface area (Å²) in [6.07, 6.45) is 7.18. The molecule has 0 unspecified atom stereocenters. The van der Waals surface area contributed by atoms with Crippen LogP contribution in [0.1, 0.15) is 44.1 Å². The van der Waals surface area contributed by atoms with Gasteiger partial charge in [0.25, 0.3) is 0 Å². The molecule has 0 saturated heterocycles. The number of rotatable bonds is 2. The molecule has 1 nitrogen and oxygen atoms in total. The highest BCUT2D eigenvalue weighted by molar-refractivity contribution is 6.30. The van der Waals surface area contributed by atoms with Gasteiger partial charge in [-0.3, -0.25) is 0 Å². The number of benzene rings is 1. The predicted molar refractivity (Wildman–Crippen MR) is 70.4 cm³/mol. The number of hydrogen-bond acceptors (Lipinski definition) is 1. The van der Waals surface area contributed by atoms with Gasteiger partial charge in [0.15, 0.2) is 0 Å². The third-order valence-corrected chi connectivity index (χ3v) is 5.41. The molecule has 2 heteroatoms. The molecule has 1 aromatic rings. The maximum absolute atomic E-state index is 9.54. The van der Waals surface area contributed by atoms with Gasteiger partial charge in [-0.15, -0.1) is 0 Å². The lowest BCUT2D eigenvalue weighted by molar-refractivity contribution is -0.00687. The quantitative estimate of drug-likeness (QED) is 0.844. The van der Waals surface area contributed by atoms with E-state index in [4.69, 9.17) is 11.6 Å². The monoisotopic (exact) mass is 250 g/mol. The van der Waals surface area contributed by atoms with E-state index in [9.17, 15) is 5.11 Å². The van der Waals surface area contributed by atoms with Crippen molar-refractivity contribution in [2.45, 2.75) is 43.9 Å². The van der Waals surface area contributed by atoms with Crippen LogP contribution in [0, 0.1) is 5.41 Å². The molecule has 0 amide bonds. The van der Waals surface area contributed by atoms with Gasteiger partial charge in [-0.2, -0.15) is 0 Å². The van der Waals surface area contributed by atoms with Crippen LogP contribution in [-0.2, 0) is 5.41 Å². The molecule has 0 radical (unpaired) electrons. The first kappa shape index (κ1) is 11.6. The summed E-state index contributed by atoms with van der Waals surface area (Å²) in [5.74, 6) is 0. The van der Waals surface area contributed by atoms with Gasteiger partial charge in [0, 0.05) is 11.6 Å². The van der Waals surface area contributed by atoms with Gasteiger partial charge in [0.2, 0.25) is 0 Å². The average Bonchev–Trinajstić information content (AvgIpc) is 2.41. The molecule has 0 atom stereocenters. The fourth-order valence-corrected chi connectivity index (χ4v) is 3.94. The van der Waals surface area contributed by atoms with Gasteiger partial charge < -0.3 is 5.11 Å². The minimum absolute atomic E-state index is 0.250. The summed E-state index contributed by atoms with van der Waals surface area (Å²) in [5, 5.41) is 10.4. The topological polar surface area (TPSA) is 20.2 Å². The SMILES string of the molecule is OCC12CCC(c3cccc(Cl)c3)(CC1)CC2. The van der Waals surface area contributed by atoms with Gasteiger partial charge in [0.1, 0.15) is 0 Å². The van der Waals surface area contributed by atoms with Gasteiger partial charge >= 0.3 is 0 Å². The second-order valence-electron chi connectivity index (χ2n) is 5.95. The van der Waals surface area contributed by atoms with E-state index in [0.29, 0.717) is 12.0 Å². The van der Waals surface area contributed by atoms with Crippen LogP contribution in [-0.4, -0.2) is 11.7 Å². The molecule has 17 heavy (non-hydrogen) atoms. The summed E-state index contributed by atoms with van der Waals surface area (Å²) < 4.78 is 0. The molecule has 0 aliphatic heterocycles. The number of halogens is 1. The highest BCUT2D eigenvalue weighted by Crippen LogP contribution is 2.57. The van der Waals surface area contributed by atoms with Crippen molar-refractivity contribution in [1.82, 2.24) is 0 Å². The molecule has 0 aromatic heterocycles. The molecular weight excluding hydrogens is 232 g/mol. The van der Waals surface area contributed by atoms with E-state index in [1.165, 1.54) is 44.1 Å². The van der Waals surface area contributed by atoms with E-state index in [-0.39, 0.29) is 5.41 Å². The zero-order valence-electron chi connectivity index (χ0n) is 10.1. The molecule has 3 fully saturated rings. The first-order chi connectivity index (χ1) is 8.18. The Kier molecular flexibility index (Phi) is 2.72. The van der Waals surface area contributed by atoms with Gasteiger partial charge in [-0.1, -0.05) is 23.7 Å². The molecule has 1 N–H and O–H groups in total.